The fraction of sp³-hybridized carbons (Fsp3) is 0.304. The summed E-state index contributed by atoms with van der Waals surface area (Å²) < 4.78 is 10.6. The number of nitrogens with one attached hydrogen (secondary N) is 3. The summed E-state index contributed by atoms with van der Waals surface area (Å²) in [6.07, 6.45) is 0.661. The summed E-state index contributed by atoms with van der Waals surface area (Å²) in [6, 6.07) is 12.1. The SMILES string of the molecule is CCCCOC(=O)NC(CNC(=O)c1cccc(COc2ccc(C(=N)N)cc2)c1)C(=O)O. The predicted octanol–water partition coefficient (Wildman–Crippen LogP) is 2.26. The minimum atomic E-state index is -1.33. The molecule has 0 aromatic heterocycles. The Balaban J connectivity index is 1.89. The molecular formula is C23H28N4O6. The van der Waals surface area contributed by atoms with Crippen molar-refractivity contribution in [2.45, 2.75) is 32.4 Å². The predicted molar refractivity (Wildman–Crippen MR) is 121 cm³/mol. The molecule has 0 aliphatic rings. The Morgan fingerprint density at radius 1 is 1.12 bits per heavy atom. The molecule has 2 aromatic rings. The maximum absolute atomic E-state index is 12.5. The number of unbranched alkanes of at least 4 members (excludes halogenated alkanes) is 1. The quantitative estimate of drug-likeness (QED) is 0.186. The van der Waals surface area contributed by atoms with Gasteiger partial charge in [-0.15, -0.1) is 0 Å². The van der Waals surface area contributed by atoms with Gasteiger partial charge in [0.1, 0.15) is 24.2 Å². The van der Waals surface area contributed by atoms with Gasteiger partial charge >= 0.3 is 12.1 Å². The molecule has 6 N–H and O–H groups in total. The number of amidine groups is 1. The molecule has 0 saturated carbocycles. The number of hydrogen-bond donors (Lipinski definition) is 5. The first-order valence-electron chi connectivity index (χ1n) is 10.4. The molecule has 0 heterocycles. The molecule has 10 heteroatoms. The van der Waals surface area contributed by atoms with Crippen molar-refractivity contribution in [2.75, 3.05) is 13.2 Å². The van der Waals surface area contributed by atoms with E-state index in [0.29, 0.717) is 23.3 Å². The summed E-state index contributed by atoms with van der Waals surface area (Å²) in [6.45, 7) is 2.02. The normalized spacial score (nSPS) is 11.2. The molecular weight excluding hydrogens is 428 g/mol. The van der Waals surface area contributed by atoms with Crippen LogP contribution in [-0.4, -0.2) is 48.1 Å². The molecule has 33 heavy (non-hydrogen) atoms. The van der Waals surface area contributed by atoms with Gasteiger partial charge in [-0.1, -0.05) is 25.5 Å². The third-order valence-electron chi connectivity index (χ3n) is 4.55. The molecule has 0 saturated heterocycles. The van der Waals surface area contributed by atoms with Crippen LogP contribution in [0.4, 0.5) is 4.79 Å². The van der Waals surface area contributed by atoms with Crippen LogP contribution in [0.25, 0.3) is 0 Å². The van der Waals surface area contributed by atoms with Gasteiger partial charge < -0.3 is 30.9 Å². The third-order valence-corrected chi connectivity index (χ3v) is 4.55. The molecule has 0 aliphatic carbocycles. The number of rotatable bonds is 12. The Morgan fingerprint density at radius 2 is 1.85 bits per heavy atom. The monoisotopic (exact) mass is 456 g/mol. The molecule has 10 nitrogen and oxygen atoms in total. The van der Waals surface area contributed by atoms with E-state index in [9.17, 15) is 19.5 Å². The number of carbonyl (C=O) groups is 3. The number of carboxylic acid groups (broad SMARTS) is 1. The molecule has 0 spiro atoms. The lowest BCUT2D eigenvalue weighted by Crippen LogP contribution is -2.48. The third kappa shape index (κ3) is 8.52. The molecule has 0 aliphatic heterocycles. The van der Waals surface area contributed by atoms with E-state index in [1.807, 2.05) is 6.92 Å². The van der Waals surface area contributed by atoms with E-state index in [1.54, 1.807) is 48.5 Å². The van der Waals surface area contributed by atoms with E-state index in [0.717, 1.165) is 12.0 Å². The average Bonchev–Trinajstić information content (AvgIpc) is 2.80. The number of amides is 2. The average molecular weight is 456 g/mol. The number of nitrogens with two attached hydrogens (primary N) is 1. The Morgan fingerprint density at radius 3 is 2.48 bits per heavy atom. The molecule has 176 valence electrons. The number of alkyl carbamates (subject to hydrolysis) is 1. The van der Waals surface area contributed by atoms with Crippen molar-refractivity contribution in [1.29, 1.82) is 5.41 Å². The number of nitrogen functional groups attached to an aromatic ring is 1. The number of carboxylic acids is 1. The summed E-state index contributed by atoms with van der Waals surface area (Å²) in [5.74, 6) is -1.24. The second-order valence-electron chi connectivity index (χ2n) is 7.16. The van der Waals surface area contributed by atoms with Crippen LogP contribution in [0.2, 0.25) is 0 Å². The van der Waals surface area contributed by atoms with Crippen LogP contribution in [0.5, 0.6) is 5.75 Å². The highest BCUT2D eigenvalue weighted by molar-refractivity contribution is 5.95. The number of hydrogen-bond acceptors (Lipinski definition) is 6. The standard InChI is InChI=1S/C23H28N4O6/c1-2-3-11-32-23(31)27-19(22(29)30)13-26-21(28)17-6-4-5-15(12-17)14-33-18-9-7-16(8-10-18)20(24)25/h4-10,12,19H,2-3,11,13-14H2,1H3,(H3,24,25)(H,26,28)(H,27,31)(H,29,30). The maximum atomic E-state index is 12.5. The Bertz CT molecular complexity index is 977. The first-order valence-corrected chi connectivity index (χ1v) is 10.4. The lowest BCUT2D eigenvalue weighted by Gasteiger charge is -2.15. The fourth-order valence-electron chi connectivity index (χ4n) is 2.69. The molecule has 0 fully saturated rings. The second kappa shape index (κ2) is 12.7. The zero-order chi connectivity index (χ0) is 24.2. The first kappa shape index (κ1) is 25.2. The minimum absolute atomic E-state index is 0.0333. The molecule has 0 bridgehead atoms. The van der Waals surface area contributed by atoms with Gasteiger partial charge in [0.25, 0.3) is 5.91 Å². The van der Waals surface area contributed by atoms with Gasteiger partial charge in [-0.05, 0) is 48.4 Å². The summed E-state index contributed by atoms with van der Waals surface area (Å²) >= 11 is 0. The minimum Gasteiger partial charge on any atom is -0.489 e. The molecule has 2 amide bonds. The van der Waals surface area contributed by atoms with E-state index >= 15 is 0 Å². The topological polar surface area (TPSA) is 164 Å². The molecule has 0 radical (unpaired) electrons. The van der Waals surface area contributed by atoms with E-state index in [1.165, 1.54) is 0 Å². The first-order chi connectivity index (χ1) is 15.8. The Kier molecular flexibility index (Phi) is 9.69. The summed E-state index contributed by atoms with van der Waals surface area (Å²) in [5, 5.41) is 21.4. The Hall–Kier alpha value is -4.08. The van der Waals surface area contributed by atoms with Gasteiger partial charge in [-0.2, -0.15) is 0 Å². The molecule has 2 aromatic carbocycles. The van der Waals surface area contributed by atoms with Gasteiger partial charge in [-0.25, -0.2) is 9.59 Å². The zero-order valence-corrected chi connectivity index (χ0v) is 18.3. The lowest BCUT2D eigenvalue weighted by molar-refractivity contribution is -0.139. The smallest absolute Gasteiger partial charge is 0.407 e. The van der Waals surface area contributed by atoms with E-state index in [2.05, 4.69) is 10.6 Å². The molecule has 1 unspecified atom stereocenters. The van der Waals surface area contributed by atoms with Crippen LogP contribution in [0.3, 0.4) is 0 Å². The van der Waals surface area contributed by atoms with Crippen LogP contribution in [0, 0.1) is 5.41 Å². The van der Waals surface area contributed by atoms with Gasteiger partial charge in [0.05, 0.1) is 6.61 Å². The van der Waals surface area contributed by atoms with Crippen LogP contribution in [0.15, 0.2) is 48.5 Å². The molecule has 2 rings (SSSR count). The number of aliphatic carboxylic acids is 1. The summed E-state index contributed by atoms with van der Waals surface area (Å²) in [4.78, 5) is 35.6. The summed E-state index contributed by atoms with van der Waals surface area (Å²) in [5.41, 5.74) is 7.06. The van der Waals surface area contributed by atoms with E-state index < -0.39 is 24.0 Å². The van der Waals surface area contributed by atoms with Gasteiger partial charge in [0, 0.05) is 17.7 Å². The number of carbonyl (C=O) groups excluding carboxylic acids is 2. The fourth-order valence-corrected chi connectivity index (χ4v) is 2.69. The summed E-state index contributed by atoms with van der Waals surface area (Å²) in [7, 11) is 0. The molecule has 1 atom stereocenters. The van der Waals surface area contributed by atoms with Crippen LogP contribution < -0.4 is 21.1 Å². The highest BCUT2D eigenvalue weighted by Crippen LogP contribution is 2.15. The largest absolute Gasteiger partial charge is 0.489 e. The van der Waals surface area contributed by atoms with Crippen molar-refractivity contribution in [3.05, 3.63) is 65.2 Å². The van der Waals surface area contributed by atoms with Crippen LogP contribution >= 0.6 is 0 Å². The highest BCUT2D eigenvalue weighted by Gasteiger charge is 2.21. The number of ether oxygens (including phenoxy) is 2. The van der Waals surface area contributed by atoms with Gasteiger partial charge in [0.15, 0.2) is 0 Å². The maximum Gasteiger partial charge on any atom is 0.407 e. The number of benzene rings is 2. The van der Waals surface area contributed by atoms with E-state index in [-0.39, 0.29) is 25.6 Å². The van der Waals surface area contributed by atoms with Crippen molar-refractivity contribution in [3.8, 4) is 5.75 Å². The highest BCUT2D eigenvalue weighted by atomic mass is 16.5. The van der Waals surface area contributed by atoms with Crippen molar-refractivity contribution in [1.82, 2.24) is 10.6 Å². The Labute approximate surface area is 191 Å². The van der Waals surface area contributed by atoms with Crippen molar-refractivity contribution >= 4 is 23.8 Å². The lowest BCUT2D eigenvalue weighted by atomic mass is 10.1. The van der Waals surface area contributed by atoms with Crippen LogP contribution in [-0.2, 0) is 16.1 Å². The van der Waals surface area contributed by atoms with Crippen molar-refractivity contribution < 1.29 is 29.0 Å². The zero-order valence-electron chi connectivity index (χ0n) is 18.3. The van der Waals surface area contributed by atoms with Crippen molar-refractivity contribution in [2.24, 2.45) is 5.73 Å². The van der Waals surface area contributed by atoms with Gasteiger partial charge in [-0.3, -0.25) is 10.2 Å². The van der Waals surface area contributed by atoms with E-state index in [4.69, 9.17) is 20.6 Å². The second-order valence-corrected chi connectivity index (χ2v) is 7.16. The van der Waals surface area contributed by atoms with Crippen LogP contribution in [0.1, 0.15) is 41.3 Å². The van der Waals surface area contributed by atoms with Crippen molar-refractivity contribution in [3.63, 3.8) is 0 Å². The van der Waals surface area contributed by atoms with Gasteiger partial charge in [0.2, 0.25) is 0 Å².